The van der Waals surface area contributed by atoms with Gasteiger partial charge in [0.1, 0.15) is 0 Å². The van der Waals surface area contributed by atoms with Crippen LogP contribution in [0.15, 0.2) is 5.16 Å². The van der Waals surface area contributed by atoms with E-state index in [1.807, 2.05) is 0 Å². The molecule has 1 aliphatic rings. The van der Waals surface area contributed by atoms with Gasteiger partial charge >= 0.3 is 0 Å². The van der Waals surface area contributed by atoms with Gasteiger partial charge in [-0.15, -0.1) is 0 Å². The minimum Gasteiger partial charge on any atom is -0.390 e. The van der Waals surface area contributed by atoms with Gasteiger partial charge in [-0.05, 0) is 0 Å². The Balaban J connectivity index is 2.38. The van der Waals surface area contributed by atoms with E-state index in [-0.39, 0.29) is 17.9 Å². The van der Waals surface area contributed by atoms with Crippen molar-refractivity contribution in [2.75, 3.05) is 18.1 Å². The summed E-state index contributed by atoms with van der Waals surface area (Å²) in [5, 5.41) is 3.32. The van der Waals surface area contributed by atoms with E-state index in [1.54, 1.807) is 0 Å². The van der Waals surface area contributed by atoms with Gasteiger partial charge in [0.25, 0.3) is 6.43 Å². The highest BCUT2D eigenvalue weighted by atomic mass is 32.2. The highest BCUT2D eigenvalue weighted by molar-refractivity contribution is 7.92. The Morgan fingerprint density at radius 3 is 2.69 bits per heavy atom. The van der Waals surface area contributed by atoms with Crippen molar-refractivity contribution in [1.82, 2.24) is 0 Å². The Morgan fingerprint density at radius 2 is 2.23 bits per heavy atom. The Bertz CT molecular complexity index is 299. The summed E-state index contributed by atoms with van der Waals surface area (Å²) >= 11 is 0. The number of alkyl halides is 2. The van der Waals surface area contributed by atoms with Gasteiger partial charge in [0, 0.05) is 6.42 Å². The van der Waals surface area contributed by atoms with Crippen molar-refractivity contribution < 1.29 is 22.0 Å². The highest BCUT2D eigenvalue weighted by Crippen LogP contribution is 2.08. The van der Waals surface area contributed by atoms with Crippen molar-refractivity contribution in [2.24, 2.45) is 5.16 Å². The van der Waals surface area contributed by atoms with Crippen LogP contribution in [0.4, 0.5) is 8.78 Å². The Labute approximate surface area is 74.5 Å². The zero-order valence-corrected chi connectivity index (χ0v) is 7.56. The smallest absolute Gasteiger partial charge is 0.274 e. The van der Waals surface area contributed by atoms with Crippen molar-refractivity contribution in [2.45, 2.75) is 12.8 Å². The molecule has 0 amide bonds. The maximum absolute atomic E-state index is 11.5. The third-order valence-corrected chi connectivity index (χ3v) is 3.08. The second kappa shape index (κ2) is 3.99. The molecule has 1 heterocycles. The van der Waals surface area contributed by atoms with Crippen LogP contribution >= 0.6 is 0 Å². The van der Waals surface area contributed by atoms with E-state index in [4.69, 9.17) is 0 Å². The lowest BCUT2D eigenvalue weighted by Gasteiger charge is -1.97. The first-order valence-electron chi connectivity index (χ1n) is 3.66. The minimum absolute atomic E-state index is 0.0316. The minimum atomic E-state index is -3.04. The van der Waals surface area contributed by atoms with Crippen LogP contribution in [-0.2, 0) is 14.7 Å². The molecule has 1 saturated heterocycles. The summed E-state index contributed by atoms with van der Waals surface area (Å²) in [6.07, 6.45) is -2.30. The van der Waals surface area contributed by atoms with E-state index in [1.165, 1.54) is 0 Å². The lowest BCUT2D eigenvalue weighted by atomic mass is 10.3. The molecule has 76 valence electrons. The number of nitrogens with zero attached hydrogens (tertiary/aromatic N) is 1. The van der Waals surface area contributed by atoms with Crippen LogP contribution in [-0.4, -0.2) is 38.7 Å². The molecule has 0 N–H and O–H groups in total. The van der Waals surface area contributed by atoms with Crippen LogP contribution in [0.25, 0.3) is 0 Å². The molecular formula is C6H9F2NO3S. The van der Waals surface area contributed by atoms with Gasteiger partial charge in [0.05, 0.1) is 17.2 Å². The van der Waals surface area contributed by atoms with Gasteiger partial charge < -0.3 is 4.84 Å². The molecule has 0 aromatic heterocycles. The molecule has 1 rings (SSSR count). The number of sulfone groups is 1. The molecule has 0 radical (unpaired) electrons. The molecule has 7 heteroatoms. The van der Waals surface area contributed by atoms with Crippen LogP contribution in [0.1, 0.15) is 6.42 Å². The van der Waals surface area contributed by atoms with E-state index >= 15 is 0 Å². The first-order chi connectivity index (χ1) is 5.99. The van der Waals surface area contributed by atoms with Gasteiger partial charge in [-0.3, -0.25) is 0 Å². The van der Waals surface area contributed by atoms with Crippen molar-refractivity contribution in [1.29, 1.82) is 0 Å². The third kappa shape index (κ3) is 3.67. The van der Waals surface area contributed by atoms with Crippen LogP contribution in [0.2, 0.25) is 0 Å². The summed E-state index contributed by atoms with van der Waals surface area (Å²) in [5.41, 5.74) is 0.320. The molecule has 0 saturated carbocycles. The van der Waals surface area contributed by atoms with Crippen LogP contribution in [0, 0.1) is 0 Å². The van der Waals surface area contributed by atoms with Gasteiger partial charge in [-0.25, -0.2) is 17.2 Å². The predicted molar refractivity (Wildman–Crippen MR) is 42.7 cm³/mol. The van der Waals surface area contributed by atoms with Gasteiger partial charge in [-0.1, -0.05) is 5.16 Å². The van der Waals surface area contributed by atoms with E-state index in [0.717, 1.165) is 0 Å². The first kappa shape index (κ1) is 10.4. The van der Waals surface area contributed by atoms with E-state index in [2.05, 4.69) is 9.99 Å². The van der Waals surface area contributed by atoms with Crippen LogP contribution in [0.5, 0.6) is 0 Å². The molecule has 0 atom stereocenters. The fourth-order valence-electron chi connectivity index (χ4n) is 0.928. The van der Waals surface area contributed by atoms with Crippen molar-refractivity contribution in [3.8, 4) is 0 Å². The molecule has 0 aromatic rings. The van der Waals surface area contributed by atoms with E-state index in [0.29, 0.717) is 5.71 Å². The van der Waals surface area contributed by atoms with Gasteiger partial charge in [0.15, 0.2) is 16.4 Å². The molecule has 0 aliphatic carbocycles. The zero-order valence-electron chi connectivity index (χ0n) is 6.74. The van der Waals surface area contributed by atoms with E-state index in [9.17, 15) is 17.2 Å². The molecule has 1 fully saturated rings. The van der Waals surface area contributed by atoms with E-state index < -0.39 is 22.9 Å². The fourth-order valence-corrected chi connectivity index (χ4v) is 2.32. The standard InChI is InChI=1S/C6H9F2NO3S/c7-6(8)3-12-9-5-1-2-13(10,11)4-5/h6H,1-4H2/b9-5-. The molecular weight excluding hydrogens is 204 g/mol. The summed E-state index contributed by atoms with van der Waals surface area (Å²) < 4.78 is 44.8. The van der Waals surface area contributed by atoms with Crippen molar-refractivity contribution >= 4 is 15.5 Å². The number of rotatable bonds is 3. The van der Waals surface area contributed by atoms with Crippen molar-refractivity contribution in [3.63, 3.8) is 0 Å². The normalized spacial score (nSPS) is 24.1. The van der Waals surface area contributed by atoms with Crippen molar-refractivity contribution in [3.05, 3.63) is 0 Å². The predicted octanol–water partition coefficient (Wildman–Crippen LogP) is 0.443. The zero-order chi connectivity index (χ0) is 9.90. The Hall–Kier alpha value is -0.720. The summed E-state index contributed by atoms with van der Waals surface area (Å²) in [7, 11) is -3.04. The maximum atomic E-state index is 11.5. The number of oxime groups is 1. The van der Waals surface area contributed by atoms with Crippen LogP contribution < -0.4 is 0 Å². The second-order valence-corrected chi connectivity index (χ2v) is 4.87. The average Bonchev–Trinajstić information content (AvgIpc) is 2.29. The lowest BCUT2D eigenvalue weighted by molar-refractivity contribution is 0.0201. The van der Waals surface area contributed by atoms with Crippen LogP contribution in [0.3, 0.4) is 0 Å². The monoisotopic (exact) mass is 213 g/mol. The highest BCUT2D eigenvalue weighted by Gasteiger charge is 2.24. The van der Waals surface area contributed by atoms with Gasteiger partial charge in [-0.2, -0.15) is 0 Å². The topological polar surface area (TPSA) is 55.7 Å². The Morgan fingerprint density at radius 1 is 1.54 bits per heavy atom. The first-order valence-corrected chi connectivity index (χ1v) is 5.48. The molecule has 0 aromatic carbocycles. The average molecular weight is 213 g/mol. The SMILES string of the molecule is O=S1(=O)CC/C(=N/OCC(F)F)C1. The summed E-state index contributed by atoms with van der Waals surface area (Å²) in [6.45, 7) is -0.788. The maximum Gasteiger partial charge on any atom is 0.274 e. The Kier molecular flexibility index (Phi) is 3.18. The number of hydrogen-bond acceptors (Lipinski definition) is 4. The number of halogens is 2. The molecule has 13 heavy (non-hydrogen) atoms. The molecule has 1 aliphatic heterocycles. The quantitative estimate of drug-likeness (QED) is 0.639. The summed E-state index contributed by atoms with van der Waals surface area (Å²) in [4.78, 5) is 4.25. The molecule has 4 nitrogen and oxygen atoms in total. The molecule has 0 spiro atoms. The largest absolute Gasteiger partial charge is 0.390 e. The summed E-state index contributed by atoms with van der Waals surface area (Å²) in [5.74, 6) is -0.139. The fraction of sp³-hybridized carbons (Fsp3) is 0.833. The summed E-state index contributed by atoms with van der Waals surface area (Å²) in [6, 6.07) is 0. The van der Waals surface area contributed by atoms with Gasteiger partial charge in [0.2, 0.25) is 0 Å². The second-order valence-electron chi connectivity index (χ2n) is 2.69. The lowest BCUT2D eigenvalue weighted by Crippen LogP contribution is -2.06. The molecule has 0 unspecified atom stereocenters. The third-order valence-electron chi connectivity index (χ3n) is 1.48. The number of hydrogen-bond donors (Lipinski definition) is 0. The molecule has 0 bridgehead atoms.